The standard InChI is InChI=1S/C15H24O3S/c1-3-4-5-6-7-8-9-14-12-13(2)10-11-15(14)19(16,17)18/h10-12H,3-9H2,1-2H3,(H,16,17,18). The van der Waals surface area contributed by atoms with E-state index in [1.54, 1.807) is 6.07 Å². The van der Waals surface area contributed by atoms with Crippen molar-refractivity contribution in [2.45, 2.75) is 63.7 Å². The molecular weight excluding hydrogens is 260 g/mol. The Kier molecular flexibility index (Phi) is 6.52. The first-order valence-electron chi connectivity index (χ1n) is 7.02. The van der Waals surface area contributed by atoms with Crippen molar-refractivity contribution in [2.24, 2.45) is 0 Å². The van der Waals surface area contributed by atoms with E-state index in [1.165, 1.54) is 31.7 Å². The van der Waals surface area contributed by atoms with Gasteiger partial charge in [0.25, 0.3) is 10.1 Å². The van der Waals surface area contributed by atoms with Crippen LogP contribution in [0.3, 0.4) is 0 Å². The van der Waals surface area contributed by atoms with Crippen molar-refractivity contribution in [3.63, 3.8) is 0 Å². The van der Waals surface area contributed by atoms with Crippen molar-refractivity contribution < 1.29 is 13.0 Å². The summed E-state index contributed by atoms with van der Waals surface area (Å²) in [6.07, 6.45) is 7.72. The molecule has 0 aliphatic heterocycles. The number of aryl methyl sites for hydroxylation is 2. The maximum absolute atomic E-state index is 11.3. The molecule has 0 spiro atoms. The molecule has 0 aliphatic rings. The first kappa shape index (κ1) is 16.2. The van der Waals surface area contributed by atoms with Crippen LogP contribution in [0.5, 0.6) is 0 Å². The van der Waals surface area contributed by atoms with Gasteiger partial charge < -0.3 is 0 Å². The zero-order valence-electron chi connectivity index (χ0n) is 11.9. The minimum absolute atomic E-state index is 0.0617. The van der Waals surface area contributed by atoms with Crippen molar-refractivity contribution in [3.8, 4) is 0 Å². The molecule has 0 fully saturated rings. The molecule has 0 amide bonds. The Labute approximate surface area is 116 Å². The first-order chi connectivity index (χ1) is 8.95. The summed E-state index contributed by atoms with van der Waals surface area (Å²) in [6, 6.07) is 5.07. The van der Waals surface area contributed by atoms with Gasteiger partial charge in [-0.25, -0.2) is 0 Å². The quantitative estimate of drug-likeness (QED) is 0.576. The van der Waals surface area contributed by atoms with Gasteiger partial charge in [0.1, 0.15) is 0 Å². The second-order valence-corrected chi connectivity index (χ2v) is 6.49. The molecule has 0 saturated carbocycles. The number of benzene rings is 1. The first-order valence-corrected chi connectivity index (χ1v) is 8.46. The van der Waals surface area contributed by atoms with Gasteiger partial charge in [-0.15, -0.1) is 0 Å². The summed E-state index contributed by atoms with van der Waals surface area (Å²) in [5.41, 5.74) is 1.76. The van der Waals surface area contributed by atoms with Crippen molar-refractivity contribution in [1.29, 1.82) is 0 Å². The summed E-state index contributed by atoms with van der Waals surface area (Å²) in [5, 5.41) is 0. The molecule has 4 heteroatoms. The third-order valence-corrected chi connectivity index (χ3v) is 4.25. The van der Waals surface area contributed by atoms with Crippen LogP contribution in [0.1, 0.15) is 56.6 Å². The fourth-order valence-electron chi connectivity index (χ4n) is 2.25. The Morgan fingerprint density at radius 1 is 1.05 bits per heavy atom. The van der Waals surface area contributed by atoms with Crippen LogP contribution in [0.2, 0.25) is 0 Å². The normalized spacial score (nSPS) is 11.7. The Bertz CT molecular complexity index is 492. The van der Waals surface area contributed by atoms with Crippen molar-refractivity contribution in [1.82, 2.24) is 0 Å². The number of hydrogen-bond acceptors (Lipinski definition) is 2. The minimum atomic E-state index is -4.10. The highest BCUT2D eigenvalue weighted by atomic mass is 32.2. The summed E-state index contributed by atoms with van der Waals surface area (Å²) >= 11 is 0. The fourth-order valence-corrected chi connectivity index (χ4v) is 2.98. The topological polar surface area (TPSA) is 54.4 Å². The molecule has 0 bridgehead atoms. The lowest BCUT2D eigenvalue weighted by molar-refractivity contribution is 0.481. The largest absolute Gasteiger partial charge is 0.294 e. The van der Waals surface area contributed by atoms with E-state index in [-0.39, 0.29) is 4.90 Å². The van der Waals surface area contributed by atoms with Gasteiger partial charge in [0, 0.05) is 0 Å². The molecule has 0 aromatic heterocycles. The van der Waals surface area contributed by atoms with Crippen molar-refractivity contribution >= 4 is 10.1 Å². The van der Waals surface area contributed by atoms with Gasteiger partial charge in [-0.3, -0.25) is 4.55 Å². The van der Waals surface area contributed by atoms with E-state index >= 15 is 0 Å². The Morgan fingerprint density at radius 3 is 2.32 bits per heavy atom. The predicted molar refractivity (Wildman–Crippen MR) is 78.1 cm³/mol. The Balaban J connectivity index is 2.60. The molecule has 0 heterocycles. The molecular formula is C15H24O3S. The van der Waals surface area contributed by atoms with Crippen LogP contribution in [-0.2, 0) is 16.5 Å². The summed E-state index contributed by atoms with van der Waals surface area (Å²) in [5.74, 6) is 0. The van der Waals surface area contributed by atoms with Crippen molar-refractivity contribution in [2.75, 3.05) is 0 Å². The van der Waals surface area contributed by atoms with Gasteiger partial charge in [0.2, 0.25) is 0 Å². The van der Waals surface area contributed by atoms with Crippen LogP contribution in [0.4, 0.5) is 0 Å². The lowest BCUT2D eigenvalue weighted by atomic mass is 10.0. The molecule has 0 saturated heterocycles. The van der Waals surface area contributed by atoms with Crippen LogP contribution < -0.4 is 0 Å². The number of rotatable bonds is 8. The van der Waals surface area contributed by atoms with E-state index < -0.39 is 10.1 Å². The lowest BCUT2D eigenvalue weighted by Crippen LogP contribution is -2.03. The van der Waals surface area contributed by atoms with Crippen LogP contribution in [-0.4, -0.2) is 13.0 Å². The van der Waals surface area contributed by atoms with E-state index in [1.807, 2.05) is 13.0 Å². The summed E-state index contributed by atoms with van der Waals surface area (Å²) in [6.45, 7) is 4.11. The van der Waals surface area contributed by atoms with Gasteiger partial charge in [-0.1, -0.05) is 56.7 Å². The van der Waals surface area contributed by atoms with Crippen LogP contribution in [0, 0.1) is 6.92 Å². The van der Waals surface area contributed by atoms with E-state index in [9.17, 15) is 13.0 Å². The SMILES string of the molecule is CCCCCCCCc1cc(C)ccc1S(=O)(=O)O. The van der Waals surface area contributed by atoms with Crippen LogP contribution in [0.25, 0.3) is 0 Å². The molecule has 0 unspecified atom stereocenters. The van der Waals surface area contributed by atoms with Gasteiger partial charge in [0.05, 0.1) is 4.90 Å². The second-order valence-electron chi connectivity index (χ2n) is 5.10. The van der Waals surface area contributed by atoms with Gasteiger partial charge >= 0.3 is 0 Å². The minimum Gasteiger partial charge on any atom is -0.282 e. The molecule has 0 aliphatic carbocycles. The molecule has 1 rings (SSSR count). The fraction of sp³-hybridized carbons (Fsp3) is 0.600. The summed E-state index contributed by atoms with van der Waals surface area (Å²) < 4.78 is 31.8. The maximum atomic E-state index is 11.3. The van der Waals surface area contributed by atoms with Gasteiger partial charge in [-0.2, -0.15) is 8.42 Å². The predicted octanol–water partition coefficient (Wildman–Crippen LogP) is 4.14. The second kappa shape index (κ2) is 7.65. The zero-order chi connectivity index (χ0) is 14.3. The maximum Gasteiger partial charge on any atom is 0.294 e. The van der Waals surface area contributed by atoms with E-state index in [0.717, 1.165) is 24.0 Å². The molecule has 19 heavy (non-hydrogen) atoms. The highest BCUT2D eigenvalue weighted by Gasteiger charge is 2.14. The molecule has 3 nitrogen and oxygen atoms in total. The molecule has 0 atom stereocenters. The summed E-state index contributed by atoms with van der Waals surface area (Å²) in [4.78, 5) is 0.0617. The van der Waals surface area contributed by atoms with Gasteiger partial charge in [0.15, 0.2) is 0 Å². The zero-order valence-corrected chi connectivity index (χ0v) is 12.7. The van der Waals surface area contributed by atoms with Crippen LogP contribution >= 0.6 is 0 Å². The molecule has 1 aromatic carbocycles. The third-order valence-electron chi connectivity index (χ3n) is 3.29. The molecule has 0 radical (unpaired) electrons. The van der Waals surface area contributed by atoms with E-state index in [0.29, 0.717) is 6.42 Å². The molecule has 1 N–H and O–H groups in total. The average molecular weight is 284 g/mol. The Morgan fingerprint density at radius 2 is 1.68 bits per heavy atom. The lowest BCUT2D eigenvalue weighted by Gasteiger charge is -2.08. The summed E-state index contributed by atoms with van der Waals surface area (Å²) in [7, 11) is -4.10. The third kappa shape index (κ3) is 5.74. The molecule has 1 aromatic rings. The number of unbranched alkanes of at least 4 members (excludes halogenated alkanes) is 5. The highest BCUT2D eigenvalue weighted by molar-refractivity contribution is 7.85. The smallest absolute Gasteiger partial charge is 0.282 e. The van der Waals surface area contributed by atoms with Crippen LogP contribution in [0.15, 0.2) is 23.1 Å². The van der Waals surface area contributed by atoms with E-state index in [4.69, 9.17) is 0 Å². The monoisotopic (exact) mass is 284 g/mol. The Hall–Kier alpha value is -0.870. The highest BCUT2D eigenvalue weighted by Crippen LogP contribution is 2.20. The average Bonchev–Trinajstić information content (AvgIpc) is 2.32. The van der Waals surface area contributed by atoms with E-state index in [2.05, 4.69) is 6.92 Å². The number of hydrogen-bond donors (Lipinski definition) is 1. The van der Waals surface area contributed by atoms with Gasteiger partial charge in [-0.05, 0) is 31.4 Å². The molecule has 108 valence electrons. The van der Waals surface area contributed by atoms with Crippen molar-refractivity contribution in [3.05, 3.63) is 29.3 Å².